The lowest BCUT2D eigenvalue weighted by atomic mass is 10.1. The second-order valence-electron chi connectivity index (χ2n) is 3.71. The second kappa shape index (κ2) is 2.91. The summed E-state index contributed by atoms with van der Waals surface area (Å²) in [6, 6.07) is 9.13. The lowest BCUT2D eigenvalue weighted by Gasteiger charge is -1.96. The number of benzene rings is 1. The van der Waals surface area contributed by atoms with E-state index in [0.717, 1.165) is 0 Å². The van der Waals surface area contributed by atoms with E-state index in [0.29, 0.717) is 6.04 Å². The third-order valence-electron chi connectivity index (χ3n) is 2.84. The zero-order chi connectivity index (χ0) is 9.42. The highest BCUT2D eigenvalue weighted by atomic mass is 15.3. The fourth-order valence-electron chi connectivity index (χ4n) is 1.58. The van der Waals surface area contributed by atoms with Crippen LogP contribution in [0.25, 0.3) is 6.08 Å². The van der Waals surface area contributed by atoms with Crippen LogP contribution in [0.15, 0.2) is 30.0 Å². The van der Waals surface area contributed by atoms with Gasteiger partial charge in [0.2, 0.25) is 0 Å². The summed E-state index contributed by atoms with van der Waals surface area (Å²) in [4.78, 5) is 2.28. The zero-order valence-corrected chi connectivity index (χ0v) is 8.41. The summed E-state index contributed by atoms with van der Waals surface area (Å²) in [7, 11) is 2.13. The number of rotatable bonds is 1. The highest BCUT2D eigenvalue weighted by molar-refractivity contribution is 5.60. The standard InChI is InChI=1S/C12H15N/c1-9-6-4-5-7-11(9)8-12-10(2)13(12)3/h4-8,10H,1-3H3/b12-8+. The Bertz CT molecular complexity index is 342. The molecular weight excluding hydrogens is 158 g/mol. The number of nitrogens with zero attached hydrogens (tertiary/aromatic N) is 1. The fraction of sp³-hybridized carbons (Fsp3) is 0.333. The van der Waals surface area contributed by atoms with Crippen molar-refractivity contribution >= 4 is 6.08 Å². The van der Waals surface area contributed by atoms with E-state index in [-0.39, 0.29) is 0 Å². The molecule has 1 atom stereocenters. The molecule has 0 saturated carbocycles. The minimum atomic E-state index is 0.639. The van der Waals surface area contributed by atoms with Crippen molar-refractivity contribution in [2.75, 3.05) is 7.05 Å². The molecule has 68 valence electrons. The molecule has 1 saturated heterocycles. The first-order valence-electron chi connectivity index (χ1n) is 4.70. The summed E-state index contributed by atoms with van der Waals surface area (Å²) in [5, 5.41) is 0. The molecule has 0 bridgehead atoms. The molecule has 1 heteroatoms. The smallest absolute Gasteiger partial charge is 0.0657 e. The minimum Gasteiger partial charge on any atom is -0.368 e. The maximum Gasteiger partial charge on any atom is 0.0657 e. The number of hydrogen-bond acceptors (Lipinski definition) is 1. The van der Waals surface area contributed by atoms with Gasteiger partial charge in [0.05, 0.1) is 6.04 Å². The van der Waals surface area contributed by atoms with E-state index in [2.05, 4.69) is 56.1 Å². The lowest BCUT2D eigenvalue weighted by Crippen LogP contribution is -1.84. The molecule has 1 aromatic rings. The molecule has 1 nitrogen and oxygen atoms in total. The molecule has 0 amide bonds. The van der Waals surface area contributed by atoms with Crippen LogP contribution in [0.4, 0.5) is 0 Å². The predicted molar refractivity (Wildman–Crippen MR) is 56.4 cm³/mol. The third-order valence-corrected chi connectivity index (χ3v) is 2.84. The van der Waals surface area contributed by atoms with Crippen LogP contribution in [0.2, 0.25) is 0 Å². The average molecular weight is 173 g/mol. The normalized spacial score (nSPS) is 23.8. The van der Waals surface area contributed by atoms with Crippen LogP contribution < -0.4 is 0 Å². The predicted octanol–water partition coefficient (Wildman–Crippen LogP) is 2.67. The van der Waals surface area contributed by atoms with Gasteiger partial charge in [-0.3, -0.25) is 0 Å². The van der Waals surface area contributed by atoms with Gasteiger partial charge in [0.1, 0.15) is 0 Å². The largest absolute Gasteiger partial charge is 0.368 e. The van der Waals surface area contributed by atoms with Gasteiger partial charge in [-0.05, 0) is 31.1 Å². The molecule has 0 radical (unpaired) electrons. The maximum absolute atomic E-state index is 2.28. The molecule has 1 fully saturated rings. The highest BCUT2D eigenvalue weighted by Gasteiger charge is 2.31. The van der Waals surface area contributed by atoms with E-state index >= 15 is 0 Å². The van der Waals surface area contributed by atoms with Crippen molar-refractivity contribution in [1.82, 2.24) is 4.90 Å². The second-order valence-corrected chi connectivity index (χ2v) is 3.71. The van der Waals surface area contributed by atoms with Gasteiger partial charge < -0.3 is 4.90 Å². The Morgan fingerprint density at radius 1 is 1.31 bits per heavy atom. The fourth-order valence-corrected chi connectivity index (χ4v) is 1.58. The van der Waals surface area contributed by atoms with Crippen molar-refractivity contribution in [2.24, 2.45) is 0 Å². The van der Waals surface area contributed by atoms with Gasteiger partial charge in [-0.15, -0.1) is 0 Å². The topological polar surface area (TPSA) is 3.01 Å². The van der Waals surface area contributed by atoms with E-state index < -0.39 is 0 Å². The Hall–Kier alpha value is -1.24. The summed E-state index contributed by atoms with van der Waals surface area (Å²) in [6.45, 7) is 4.38. The Morgan fingerprint density at radius 2 is 1.92 bits per heavy atom. The van der Waals surface area contributed by atoms with Crippen molar-refractivity contribution in [3.05, 3.63) is 41.1 Å². The lowest BCUT2D eigenvalue weighted by molar-refractivity contribution is 0.653. The monoisotopic (exact) mass is 173 g/mol. The highest BCUT2D eigenvalue weighted by Crippen LogP contribution is 2.31. The molecule has 0 spiro atoms. The first-order chi connectivity index (χ1) is 6.20. The Balaban J connectivity index is 2.29. The van der Waals surface area contributed by atoms with Crippen molar-refractivity contribution in [1.29, 1.82) is 0 Å². The SMILES string of the molecule is Cc1ccccc1/C=C1\C(C)N1C. The van der Waals surface area contributed by atoms with Crippen molar-refractivity contribution < 1.29 is 0 Å². The molecule has 2 rings (SSSR count). The average Bonchev–Trinajstić information content (AvgIpc) is 2.67. The molecule has 1 aliphatic heterocycles. The summed E-state index contributed by atoms with van der Waals surface area (Å²) < 4.78 is 0. The van der Waals surface area contributed by atoms with E-state index in [1.165, 1.54) is 16.8 Å². The molecule has 1 aromatic carbocycles. The zero-order valence-electron chi connectivity index (χ0n) is 8.41. The van der Waals surface area contributed by atoms with Crippen LogP contribution in [0.1, 0.15) is 18.1 Å². The van der Waals surface area contributed by atoms with Gasteiger partial charge in [0.15, 0.2) is 0 Å². The Morgan fingerprint density at radius 3 is 2.46 bits per heavy atom. The molecular formula is C12H15N. The molecule has 0 N–H and O–H groups in total. The first kappa shape index (κ1) is 8.36. The molecule has 1 aliphatic rings. The van der Waals surface area contributed by atoms with Crippen LogP contribution in [0, 0.1) is 6.92 Å². The molecule has 1 unspecified atom stereocenters. The minimum absolute atomic E-state index is 0.639. The van der Waals surface area contributed by atoms with Crippen LogP contribution in [0.5, 0.6) is 0 Å². The van der Waals surface area contributed by atoms with Crippen LogP contribution in [-0.2, 0) is 0 Å². The third kappa shape index (κ3) is 1.46. The van der Waals surface area contributed by atoms with E-state index in [4.69, 9.17) is 0 Å². The Kier molecular flexibility index (Phi) is 1.87. The van der Waals surface area contributed by atoms with Crippen LogP contribution in [0.3, 0.4) is 0 Å². The van der Waals surface area contributed by atoms with Gasteiger partial charge in [0.25, 0.3) is 0 Å². The quantitative estimate of drug-likeness (QED) is 0.590. The maximum atomic E-state index is 2.28. The molecule has 1 heterocycles. The van der Waals surface area contributed by atoms with E-state index in [9.17, 15) is 0 Å². The summed E-state index contributed by atoms with van der Waals surface area (Å²) in [6.07, 6.45) is 2.28. The molecule has 0 aromatic heterocycles. The van der Waals surface area contributed by atoms with E-state index in [1.807, 2.05) is 0 Å². The van der Waals surface area contributed by atoms with Gasteiger partial charge in [0, 0.05) is 12.7 Å². The van der Waals surface area contributed by atoms with Gasteiger partial charge >= 0.3 is 0 Å². The van der Waals surface area contributed by atoms with Gasteiger partial charge in [-0.2, -0.15) is 0 Å². The number of aryl methyl sites for hydroxylation is 1. The number of hydrogen-bond donors (Lipinski definition) is 0. The van der Waals surface area contributed by atoms with Crippen molar-refractivity contribution in [3.8, 4) is 0 Å². The summed E-state index contributed by atoms with van der Waals surface area (Å²) in [5.74, 6) is 0. The molecule has 13 heavy (non-hydrogen) atoms. The van der Waals surface area contributed by atoms with E-state index in [1.54, 1.807) is 0 Å². The number of likely N-dealkylation sites (N-methyl/N-ethyl adjacent to an activating group) is 1. The Labute approximate surface area is 79.7 Å². The van der Waals surface area contributed by atoms with Crippen LogP contribution >= 0.6 is 0 Å². The van der Waals surface area contributed by atoms with Crippen molar-refractivity contribution in [3.63, 3.8) is 0 Å². The first-order valence-corrected chi connectivity index (χ1v) is 4.70. The van der Waals surface area contributed by atoms with Crippen LogP contribution in [-0.4, -0.2) is 18.0 Å². The van der Waals surface area contributed by atoms with Gasteiger partial charge in [-0.25, -0.2) is 0 Å². The van der Waals surface area contributed by atoms with Crippen molar-refractivity contribution in [2.45, 2.75) is 19.9 Å². The summed E-state index contributed by atoms with van der Waals surface area (Å²) in [5.41, 5.74) is 4.13. The van der Waals surface area contributed by atoms with Gasteiger partial charge in [-0.1, -0.05) is 24.3 Å². The molecule has 0 aliphatic carbocycles. The summed E-state index contributed by atoms with van der Waals surface area (Å²) >= 11 is 0.